The van der Waals surface area contributed by atoms with Gasteiger partial charge in [0.2, 0.25) is 6.41 Å². The average Bonchev–Trinajstić information content (AvgIpc) is 2.52. The van der Waals surface area contributed by atoms with Crippen LogP contribution in [-0.2, 0) is 14.3 Å². The standard InChI is InChI=1S/C18H26N2O3/c1-18(2,3)23-17(22)16-11-7-8-12-20(16)15-10-6-5-9-14(15)19(4)13-21/h5-6,9-10,13,16H,7-8,11-12H2,1-4H3. The van der Waals surface area contributed by atoms with E-state index in [-0.39, 0.29) is 12.0 Å². The minimum Gasteiger partial charge on any atom is -0.458 e. The molecule has 1 unspecified atom stereocenters. The molecule has 1 aromatic rings. The van der Waals surface area contributed by atoms with Gasteiger partial charge in [-0.3, -0.25) is 4.79 Å². The molecule has 5 nitrogen and oxygen atoms in total. The highest BCUT2D eigenvalue weighted by Crippen LogP contribution is 2.33. The maximum absolute atomic E-state index is 12.6. The number of carbonyl (C=O) groups excluding carboxylic acids is 2. The Morgan fingerprint density at radius 1 is 1.30 bits per heavy atom. The maximum Gasteiger partial charge on any atom is 0.329 e. The summed E-state index contributed by atoms with van der Waals surface area (Å²) in [7, 11) is 1.72. The van der Waals surface area contributed by atoms with Crippen molar-refractivity contribution in [3.63, 3.8) is 0 Å². The molecule has 0 radical (unpaired) electrons. The van der Waals surface area contributed by atoms with Gasteiger partial charge in [0.1, 0.15) is 11.6 Å². The first kappa shape index (κ1) is 17.3. The van der Waals surface area contributed by atoms with Crippen molar-refractivity contribution in [3.8, 4) is 0 Å². The fraction of sp³-hybridized carbons (Fsp3) is 0.556. The van der Waals surface area contributed by atoms with E-state index in [0.717, 1.165) is 43.6 Å². The third kappa shape index (κ3) is 4.24. The lowest BCUT2D eigenvalue weighted by Gasteiger charge is -2.38. The Morgan fingerprint density at radius 2 is 2.00 bits per heavy atom. The number of hydrogen-bond acceptors (Lipinski definition) is 4. The molecule has 126 valence electrons. The van der Waals surface area contributed by atoms with Crippen LogP contribution < -0.4 is 9.80 Å². The van der Waals surface area contributed by atoms with E-state index in [0.29, 0.717) is 0 Å². The summed E-state index contributed by atoms with van der Waals surface area (Å²) in [4.78, 5) is 27.4. The Kier molecular flexibility index (Phi) is 5.29. The van der Waals surface area contributed by atoms with E-state index < -0.39 is 5.60 Å². The summed E-state index contributed by atoms with van der Waals surface area (Å²) in [5.74, 6) is -0.194. The van der Waals surface area contributed by atoms with Crippen LogP contribution in [0.3, 0.4) is 0 Å². The van der Waals surface area contributed by atoms with E-state index in [4.69, 9.17) is 4.74 Å². The Morgan fingerprint density at radius 3 is 2.65 bits per heavy atom. The highest BCUT2D eigenvalue weighted by Gasteiger charge is 2.33. The number of nitrogens with zero attached hydrogens (tertiary/aromatic N) is 2. The zero-order valence-electron chi connectivity index (χ0n) is 14.4. The van der Waals surface area contributed by atoms with Crippen LogP contribution in [0.4, 0.5) is 11.4 Å². The summed E-state index contributed by atoms with van der Waals surface area (Å²) in [6.07, 6.45) is 3.59. The molecule has 1 aliphatic rings. The van der Waals surface area contributed by atoms with Crippen LogP contribution in [0.2, 0.25) is 0 Å². The fourth-order valence-electron chi connectivity index (χ4n) is 2.90. The third-order valence-electron chi connectivity index (χ3n) is 3.91. The van der Waals surface area contributed by atoms with Gasteiger partial charge in [-0.05, 0) is 52.2 Å². The van der Waals surface area contributed by atoms with Gasteiger partial charge in [0.05, 0.1) is 11.4 Å². The van der Waals surface area contributed by atoms with Crippen molar-refractivity contribution >= 4 is 23.8 Å². The van der Waals surface area contributed by atoms with E-state index in [1.54, 1.807) is 7.05 Å². The monoisotopic (exact) mass is 318 g/mol. The predicted octanol–water partition coefficient (Wildman–Crippen LogP) is 2.98. The van der Waals surface area contributed by atoms with Gasteiger partial charge in [-0.1, -0.05) is 12.1 Å². The second kappa shape index (κ2) is 7.02. The van der Waals surface area contributed by atoms with Crippen molar-refractivity contribution < 1.29 is 14.3 Å². The molecule has 2 rings (SSSR count). The van der Waals surface area contributed by atoms with Gasteiger partial charge in [0.25, 0.3) is 0 Å². The molecule has 0 bridgehead atoms. The number of esters is 1. The van der Waals surface area contributed by atoms with Gasteiger partial charge >= 0.3 is 5.97 Å². The van der Waals surface area contributed by atoms with E-state index in [2.05, 4.69) is 4.90 Å². The number of ether oxygens (including phenoxy) is 1. The van der Waals surface area contributed by atoms with Crippen LogP contribution in [0.15, 0.2) is 24.3 Å². The highest BCUT2D eigenvalue weighted by atomic mass is 16.6. The van der Waals surface area contributed by atoms with Crippen LogP contribution in [0.1, 0.15) is 40.0 Å². The van der Waals surface area contributed by atoms with Crippen LogP contribution in [-0.4, -0.2) is 37.6 Å². The highest BCUT2D eigenvalue weighted by molar-refractivity contribution is 5.87. The molecule has 1 heterocycles. The van der Waals surface area contributed by atoms with E-state index >= 15 is 0 Å². The van der Waals surface area contributed by atoms with Gasteiger partial charge in [0.15, 0.2) is 0 Å². The molecule has 0 N–H and O–H groups in total. The number of anilines is 2. The number of hydrogen-bond donors (Lipinski definition) is 0. The van der Waals surface area contributed by atoms with Crippen molar-refractivity contribution in [1.82, 2.24) is 0 Å². The molecule has 0 aromatic heterocycles. The van der Waals surface area contributed by atoms with Crippen molar-refractivity contribution in [2.24, 2.45) is 0 Å². The smallest absolute Gasteiger partial charge is 0.329 e. The van der Waals surface area contributed by atoms with Crippen LogP contribution in [0, 0.1) is 0 Å². The molecule has 5 heteroatoms. The van der Waals surface area contributed by atoms with Crippen molar-refractivity contribution in [3.05, 3.63) is 24.3 Å². The van der Waals surface area contributed by atoms with E-state index in [1.165, 1.54) is 4.90 Å². The van der Waals surface area contributed by atoms with Crippen molar-refractivity contribution in [2.45, 2.75) is 51.7 Å². The lowest BCUT2D eigenvalue weighted by molar-refractivity contribution is -0.157. The lowest BCUT2D eigenvalue weighted by Crippen LogP contribution is -2.47. The normalized spacial score (nSPS) is 18.4. The minimum atomic E-state index is -0.501. The topological polar surface area (TPSA) is 49.9 Å². The molecule has 1 atom stereocenters. The molecule has 0 spiro atoms. The van der Waals surface area contributed by atoms with Crippen LogP contribution in [0.25, 0.3) is 0 Å². The first-order chi connectivity index (χ1) is 10.8. The summed E-state index contributed by atoms with van der Waals surface area (Å²) < 4.78 is 5.59. The number of para-hydroxylation sites is 2. The molecular weight excluding hydrogens is 292 g/mol. The minimum absolute atomic E-state index is 0.194. The zero-order chi connectivity index (χ0) is 17.0. The van der Waals surface area contributed by atoms with Gasteiger partial charge < -0.3 is 14.5 Å². The molecule has 1 saturated heterocycles. The summed E-state index contributed by atoms with van der Waals surface area (Å²) >= 11 is 0. The van der Waals surface area contributed by atoms with Crippen LogP contribution >= 0.6 is 0 Å². The first-order valence-electron chi connectivity index (χ1n) is 8.10. The van der Waals surface area contributed by atoms with Crippen molar-refractivity contribution in [1.29, 1.82) is 0 Å². The molecular formula is C18H26N2O3. The molecule has 1 fully saturated rings. The summed E-state index contributed by atoms with van der Waals surface area (Å²) in [5, 5.41) is 0. The summed E-state index contributed by atoms with van der Waals surface area (Å²) in [6, 6.07) is 7.37. The molecule has 1 aromatic carbocycles. The maximum atomic E-state index is 12.6. The van der Waals surface area contributed by atoms with Crippen molar-refractivity contribution in [2.75, 3.05) is 23.4 Å². The van der Waals surface area contributed by atoms with Gasteiger partial charge in [-0.25, -0.2) is 4.79 Å². The second-order valence-electron chi connectivity index (χ2n) is 6.94. The quantitative estimate of drug-likeness (QED) is 0.632. The van der Waals surface area contributed by atoms with Gasteiger partial charge in [-0.15, -0.1) is 0 Å². The fourth-order valence-corrected chi connectivity index (χ4v) is 2.90. The summed E-state index contributed by atoms with van der Waals surface area (Å²) in [5.41, 5.74) is 1.20. The molecule has 1 aliphatic heterocycles. The number of piperidine rings is 1. The first-order valence-corrected chi connectivity index (χ1v) is 8.10. The molecule has 1 amide bonds. The molecule has 0 aliphatic carbocycles. The van der Waals surface area contributed by atoms with Gasteiger partial charge in [0, 0.05) is 13.6 Å². The summed E-state index contributed by atoms with van der Waals surface area (Å²) in [6.45, 7) is 6.43. The third-order valence-corrected chi connectivity index (χ3v) is 3.91. The van der Waals surface area contributed by atoms with Gasteiger partial charge in [-0.2, -0.15) is 0 Å². The van der Waals surface area contributed by atoms with E-state index in [1.807, 2.05) is 45.0 Å². The number of benzene rings is 1. The molecule has 23 heavy (non-hydrogen) atoms. The van der Waals surface area contributed by atoms with Crippen LogP contribution in [0.5, 0.6) is 0 Å². The number of rotatable bonds is 4. The zero-order valence-corrected chi connectivity index (χ0v) is 14.4. The molecule has 0 saturated carbocycles. The Labute approximate surface area is 138 Å². The number of carbonyl (C=O) groups is 2. The Balaban J connectivity index is 2.32. The second-order valence-corrected chi connectivity index (χ2v) is 6.94. The average molecular weight is 318 g/mol. The largest absolute Gasteiger partial charge is 0.458 e. The lowest BCUT2D eigenvalue weighted by atomic mass is 10.00. The Bertz CT molecular complexity index is 566. The number of amides is 1. The SMILES string of the molecule is CN(C=O)c1ccccc1N1CCCCC1C(=O)OC(C)(C)C. The predicted molar refractivity (Wildman–Crippen MR) is 91.7 cm³/mol. The van der Waals surface area contributed by atoms with E-state index in [9.17, 15) is 9.59 Å². The Hall–Kier alpha value is -2.04.